The van der Waals surface area contributed by atoms with Crippen molar-refractivity contribution in [3.8, 4) is 0 Å². The first-order valence-corrected chi connectivity index (χ1v) is 6.88. The lowest BCUT2D eigenvalue weighted by atomic mass is 10.2. The summed E-state index contributed by atoms with van der Waals surface area (Å²) >= 11 is 5.69. The molecule has 1 N–H and O–H groups in total. The third kappa shape index (κ3) is 5.08. The molecule has 0 atom stereocenters. The lowest BCUT2D eigenvalue weighted by molar-refractivity contribution is -0.384. The number of anilines is 1. The number of amides is 1. The number of hydrogen-bond donors (Lipinski definition) is 1. The van der Waals surface area contributed by atoms with E-state index in [1.807, 2.05) is 30.3 Å². The van der Waals surface area contributed by atoms with Crippen molar-refractivity contribution in [2.45, 2.75) is 0 Å². The molecule has 2 aromatic carbocycles. The topological polar surface area (TPSA) is 93.8 Å². The maximum absolute atomic E-state index is 11.7. The van der Waals surface area contributed by atoms with Crippen LogP contribution in [0.3, 0.4) is 0 Å². The van der Waals surface area contributed by atoms with E-state index >= 15 is 0 Å². The van der Waals surface area contributed by atoms with E-state index in [2.05, 4.69) is 10.5 Å². The van der Waals surface area contributed by atoms with Crippen LogP contribution in [0.5, 0.6) is 0 Å². The van der Waals surface area contributed by atoms with Crippen LogP contribution in [0.4, 0.5) is 11.4 Å². The summed E-state index contributed by atoms with van der Waals surface area (Å²) in [4.78, 5) is 26.7. The maximum Gasteiger partial charge on any atom is 0.289 e. The highest BCUT2D eigenvalue weighted by atomic mass is 35.5. The Labute approximate surface area is 136 Å². The summed E-state index contributed by atoms with van der Waals surface area (Å²) in [5, 5.41) is 16.9. The molecule has 7 nitrogen and oxygen atoms in total. The van der Waals surface area contributed by atoms with Crippen LogP contribution < -0.4 is 5.32 Å². The minimum Gasteiger partial charge on any atom is -0.386 e. The van der Waals surface area contributed by atoms with Crippen LogP contribution in [0, 0.1) is 10.1 Å². The Hall–Kier alpha value is -2.93. The van der Waals surface area contributed by atoms with E-state index in [1.54, 1.807) is 0 Å². The molecule has 0 saturated carbocycles. The van der Waals surface area contributed by atoms with Gasteiger partial charge in [-0.2, -0.15) is 0 Å². The van der Waals surface area contributed by atoms with Crippen molar-refractivity contribution in [2.24, 2.45) is 5.16 Å². The van der Waals surface area contributed by atoms with E-state index < -0.39 is 10.8 Å². The highest BCUT2D eigenvalue weighted by Gasteiger charge is 2.13. The van der Waals surface area contributed by atoms with Crippen molar-refractivity contribution in [3.05, 3.63) is 69.2 Å². The van der Waals surface area contributed by atoms with E-state index in [0.717, 1.165) is 5.56 Å². The van der Waals surface area contributed by atoms with Crippen molar-refractivity contribution < 1.29 is 14.6 Å². The van der Waals surface area contributed by atoms with Crippen LogP contribution in [0.2, 0.25) is 5.02 Å². The molecule has 0 aliphatic rings. The Morgan fingerprint density at radius 2 is 2.04 bits per heavy atom. The number of hydrogen-bond acceptors (Lipinski definition) is 5. The minimum atomic E-state index is -0.626. The molecule has 0 unspecified atom stereocenters. The van der Waals surface area contributed by atoms with Gasteiger partial charge in [-0.05, 0) is 17.7 Å². The molecule has 118 valence electrons. The quantitative estimate of drug-likeness (QED) is 0.499. The molecule has 0 saturated heterocycles. The van der Waals surface area contributed by atoms with Gasteiger partial charge in [0.2, 0.25) is 0 Å². The second-order valence-electron chi connectivity index (χ2n) is 4.39. The summed E-state index contributed by atoms with van der Waals surface area (Å²) in [5.74, 6) is -0.494. The number of carbonyl (C=O) groups is 1. The van der Waals surface area contributed by atoms with Crippen LogP contribution in [0.15, 0.2) is 53.7 Å². The zero-order chi connectivity index (χ0) is 16.7. The molecule has 0 heterocycles. The highest BCUT2D eigenvalue weighted by Crippen LogP contribution is 2.27. The summed E-state index contributed by atoms with van der Waals surface area (Å²) in [7, 11) is 0. The number of rotatable bonds is 6. The standard InChI is InChI=1S/C15H12ClN3O4/c16-13-7-6-12(8-14(13)19(21)22)18-15(20)10-23-17-9-11-4-2-1-3-5-11/h1-9H,10H2,(H,18,20)/b17-9-. The molecule has 1 amide bonds. The summed E-state index contributed by atoms with van der Waals surface area (Å²) < 4.78 is 0. The second kappa shape index (κ2) is 7.90. The Kier molecular flexibility index (Phi) is 5.65. The van der Waals surface area contributed by atoms with Crippen LogP contribution in [-0.4, -0.2) is 23.7 Å². The number of carbonyl (C=O) groups excluding carboxylic acids is 1. The van der Waals surface area contributed by atoms with Gasteiger partial charge >= 0.3 is 0 Å². The molecular weight excluding hydrogens is 322 g/mol. The smallest absolute Gasteiger partial charge is 0.289 e. The number of nitro groups is 1. The Morgan fingerprint density at radius 1 is 1.30 bits per heavy atom. The monoisotopic (exact) mass is 333 g/mol. The second-order valence-corrected chi connectivity index (χ2v) is 4.80. The largest absolute Gasteiger partial charge is 0.386 e. The van der Waals surface area contributed by atoms with Gasteiger partial charge in [-0.3, -0.25) is 14.9 Å². The predicted octanol–water partition coefficient (Wildman–Crippen LogP) is 3.24. The highest BCUT2D eigenvalue weighted by molar-refractivity contribution is 6.32. The number of oxime groups is 1. The van der Waals surface area contributed by atoms with Crippen LogP contribution in [0.1, 0.15) is 5.56 Å². The molecule has 8 heteroatoms. The summed E-state index contributed by atoms with van der Waals surface area (Å²) in [6, 6.07) is 13.2. The lowest BCUT2D eigenvalue weighted by Crippen LogP contribution is -2.17. The van der Waals surface area contributed by atoms with E-state index in [0.29, 0.717) is 0 Å². The van der Waals surface area contributed by atoms with E-state index in [-0.39, 0.29) is 23.0 Å². The van der Waals surface area contributed by atoms with Crippen molar-refractivity contribution in [3.63, 3.8) is 0 Å². The number of halogens is 1. The molecule has 0 aliphatic heterocycles. The Morgan fingerprint density at radius 3 is 2.74 bits per heavy atom. The van der Waals surface area contributed by atoms with Crippen molar-refractivity contribution in [2.75, 3.05) is 11.9 Å². The van der Waals surface area contributed by atoms with Crippen LogP contribution >= 0.6 is 11.6 Å². The van der Waals surface area contributed by atoms with Gasteiger partial charge in [0.15, 0.2) is 6.61 Å². The molecule has 23 heavy (non-hydrogen) atoms. The Balaban J connectivity index is 1.86. The fourth-order valence-corrected chi connectivity index (χ4v) is 1.85. The average Bonchev–Trinajstić information content (AvgIpc) is 2.54. The summed E-state index contributed by atoms with van der Waals surface area (Å²) in [6.07, 6.45) is 1.47. The lowest BCUT2D eigenvalue weighted by Gasteiger charge is -2.04. The molecule has 0 fully saturated rings. The summed E-state index contributed by atoms with van der Waals surface area (Å²) in [6.45, 7) is -0.320. The molecule has 0 radical (unpaired) electrons. The van der Waals surface area contributed by atoms with Crippen molar-refractivity contribution in [1.29, 1.82) is 0 Å². The number of nitrogens with zero attached hydrogens (tertiary/aromatic N) is 2. The van der Waals surface area contributed by atoms with Gasteiger partial charge in [0.1, 0.15) is 5.02 Å². The van der Waals surface area contributed by atoms with Gasteiger partial charge in [-0.15, -0.1) is 0 Å². The number of nitro benzene ring substituents is 1. The molecule has 0 aliphatic carbocycles. The van der Waals surface area contributed by atoms with Gasteiger partial charge in [0.25, 0.3) is 11.6 Å². The number of benzene rings is 2. The number of nitrogens with one attached hydrogen (secondary N) is 1. The first-order chi connectivity index (χ1) is 11.1. The third-order valence-corrected chi connectivity index (χ3v) is 3.02. The summed E-state index contributed by atoms with van der Waals surface area (Å²) in [5.41, 5.74) is 0.801. The maximum atomic E-state index is 11.7. The van der Waals surface area contributed by atoms with Crippen LogP contribution in [-0.2, 0) is 9.63 Å². The van der Waals surface area contributed by atoms with Gasteiger partial charge < -0.3 is 10.2 Å². The van der Waals surface area contributed by atoms with Gasteiger partial charge in [0, 0.05) is 11.8 Å². The van der Waals surface area contributed by atoms with Crippen molar-refractivity contribution >= 4 is 35.1 Å². The fraction of sp³-hybridized carbons (Fsp3) is 0.0667. The molecule has 2 rings (SSSR count). The zero-order valence-electron chi connectivity index (χ0n) is 11.8. The molecule has 2 aromatic rings. The molecule has 0 spiro atoms. The Bertz CT molecular complexity index is 735. The van der Waals surface area contributed by atoms with Crippen LogP contribution in [0.25, 0.3) is 0 Å². The molecular formula is C15H12ClN3O4. The van der Waals surface area contributed by atoms with E-state index in [9.17, 15) is 14.9 Å². The van der Waals surface area contributed by atoms with E-state index in [1.165, 1.54) is 24.4 Å². The predicted molar refractivity (Wildman–Crippen MR) is 86.7 cm³/mol. The van der Waals surface area contributed by atoms with Crippen molar-refractivity contribution in [1.82, 2.24) is 0 Å². The third-order valence-electron chi connectivity index (χ3n) is 2.70. The van der Waals surface area contributed by atoms with E-state index in [4.69, 9.17) is 16.4 Å². The molecule has 0 bridgehead atoms. The zero-order valence-corrected chi connectivity index (χ0v) is 12.6. The fourth-order valence-electron chi connectivity index (χ4n) is 1.66. The SMILES string of the molecule is O=C(CO/N=C\c1ccccc1)Nc1ccc(Cl)c([N+](=O)[O-])c1. The first-order valence-electron chi connectivity index (χ1n) is 6.50. The van der Waals surface area contributed by atoms with Gasteiger partial charge in [0.05, 0.1) is 11.1 Å². The first kappa shape index (κ1) is 16.4. The minimum absolute atomic E-state index is 0.00305. The molecule has 0 aromatic heterocycles. The van der Waals surface area contributed by atoms with Gasteiger partial charge in [-0.1, -0.05) is 47.1 Å². The average molecular weight is 334 g/mol. The normalized spacial score (nSPS) is 10.5. The van der Waals surface area contributed by atoms with Gasteiger partial charge in [-0.25, -0.2) is 0 Å².